The van der Waals surface area contributed by atoms with Crippen molar-refractivity contribution in [3.63, 3.8) is 0 Å². The van der Waals surface area contributed by atoms with Crippen LogP contribution in [0.4, 0.5) is 0 Å². The van der Waals surface area contributed by atoms with Crippen molar-refractivity contribution in [3.8, 4) is 17.1 Å². The fourth-order valence-electron chi connectivity index (χ4n) is 3.12. The molecule has 0 unspecified atom stereocenters. The molecule has 1 fully saturated rings. The maximum absolute atomic E-state index is 12.5. The number of piperidine rings is 1. The van der Waals surface area contributed by atoms with Crippen LogP contribution in [-0.4, -0.2) is 50.6 Å². The Morgan fingerprint density at radius 3 is 2.77 bits per heavy atom. The molecule has 140 valence electrons. The summed E-state index contributed by atoms with van der Waals surface area (Å²) >= 11 is 1.33. The van der Waals surface area contributed by atoms with E-state index >= 15 is 0 Å². The Bertz CT molecular complexity index is 747. The summed E-state index contributed by atoms with van der Waals surface area (Å²) in [6.07, 6.45) is 3.35. The molecule has 2 heterocycles. The Hall–Kier alpha value is -2.22. The van der Waals surface area contributed by atoms with Gasteiger partial charge in [0.25, 0.3) is 0 Å². The second-order valence-electron chi connectivity index (χ2n) is 6.35. The van der Waals surface area contributed by atoms with Crippen LogP contribution in [0.3, 0.4) is 0 Å². The third-order valence-corrected chi connectivity index (χ3v) is 5.46. The van der Waals surface area contributed by atoms with Crippen LogP contribution in [0.1, 0.15) is 33.1 Å². The Kier molecular flexibility index (Phi) is 6.03. The summed E-state index contributed by atoms with van der Waals surface area (Å²) < 4.78 is 6.88. The van der Waals surface area contributed by atoms with Crippen molar-refractivity contribution in [3.05, 3.63) is 24.3 Å². The smallest absolute Gasteiger partial charge is 0.233 e. The van der Waals surface area contributed by atoms with Crippen LogP contribution in [0, 0.1) is 0 Å². The maximum Gasteiger partial charge on any atom is 0.233 e. The van der Waals surface area contributed by atoms with E-state index in [0.29, 0.717) is 29.4 Å². The average Bonchev–Trinajstić information content (AvgIpc) is 3.02. The summed E-state index contributed by atoms with van der Waals surface area (Å²) in [5.74, 6) is 7.96. The lowest BCUT2D eigenvalue weighted by Gasteiger charge is -2.33. The predicted octanol–water partition coefficient (Wildman–Crippen LogP) is 2.55. The van der Waals surface area contributed by atoms with Crippen molar-refractivity contribution in [2.24, 2.45) is 0 Å². The monoisotopic (exact) mass is 375 g/mol. The van der Waals surface area contributed by atoms with Gasteiger partial charge in [-0.25, -0.2) is 4.68 Å². The number of amides is 1. The van der Waals surface area contributed by atoms with Crippen molar-refractivity contribution in [2.45, 2.75) is 44.3 Å². The molecule has 0 saturated carbocycles. The highest BCUT2D eigenvalue weighted by Crippen LogP contribution is 2.25. The van der Waals surface area contributed by atoms with Crippen molar-refractivity contribution in [2.75, 3.05) is 24.7 Å². The minimum absolute atomic E-state index is 0.132. The fraction of sp³-hybridized carbons (Fsp3) is 0.500. The highest BCUT2D eigenvalue weighted by atomic mass is 32.2. The van der Waals surface area contributed by atoms with Crippen LogP contribution in [0.2, 0.25) is 0 Å². The number of aromatic nitrogens is 3. The van der Waals surface area contributed by atoms with Gasteiger partial charge in [-0.05, 0) is 57.4 Å². The zero-order chi connectivity index (χ0) is 18.5. The predicted molar refractivity (Wildman–Crippen MR) is 103 cm³/mol. The van der Waals surface area contributed by atoms with Gasteiger partial charge in [-0.15, -0.1) is 10.2 Å². The normalized spacial score (nSPS) is 17.3. The summed E-state index contributed by atoms with van der Waals surface area (Å²) in [6.45, 7) is 5.52. The number of hydrogen-bond acceptors (Lipinski definition) is 6. The lowest BCUT2D eigenvalue weighted by Crippen LogP contribution is -2.43. The van der Waals surface area contributed by atoms with Gasteiger partial charge in [-0.2, -0.15) is 0 Å². The van der Waals surface area contributed by atoms with Crippen LogP contribution >= 0.6 is 11.8 Å². The van der Waals surface area contributed by atoms with Crippen LogP contribution < -0.4 is 10.6 Å². The van der Waals surface area contributed by atoms with E-state index in [0.717, 1.165) is 30.7 Å². The van der Waals surface area contributed by atoms with E-state index in [1.165, 1.54) is 22.9 Å². The van der Waals surface area contributed by atoms with Gasteiger partial charge < -0.3 is 15.5 Å². The molecule has 1 amide bonds. The molecule has 0 radical (unpaired) electrons. The number of carbonyl (C=O) groups excluding carboxylic acids is 1. The molecule has 1 aliphatic rings. The molecule has 0 bridgehead atoms. The first-order valence-electron chi connectivity index (χ1n) is 8.96. The first kappa shape index (κ1) is 18.6. The summed E-state index contributed by atoms with van der Waals surface area (Å²) in [5, 5.41) is 8.84. The number of rotatable bonds is 6. The molecule has 26 heavy (non-hydrogen) atoms. The Labute approximate surface area is 157 Å². The van der Waals surface area contributed by atoms with Crippen LogP contribution in [-0.2, 0) is 4.79 Å². The number of ether oxygens (including phenoxy) is 1. The lowest BCUT2D eigenvalue weighted by molar-refractivity contribution is -0.131. The molecule has 0 spiro atoms. The van der Waals surface area contributed by atoms with E-state index in [1.54, 1.807) is 0 Å². The van der Waals surface area contributed by atoms with Gasteiger partial charge in [0.1, 0.15) is 5.75 Å². The molecule has 7 nitrogen and oxygen atoms in total. The molecule has 8 heteroatoms. The molecule has 1 aromatic carbocycles. The van der Waals surface area contributed by atoms with Crippen LogP contribution in [0.25, 0.3) is 11.4 Å². The van der Waals surface area contributed by atoms with E-state index in [1.807, 2.05) is 36.1 Å². The largest absolute Gasteiger partial charge is 0.494 e. The minimum Gasteiger partial charge on any atom is -0.494 e. The fourth-order valence-corrected chi connectivity index (χ4v) is 3.86. The number of nitrogens with two attached hydrogens (primary N) is 1. The van der Waals surface area contributed by atoms with Gasteiger partial charge in [-0.1, -0.05) is 11.8 Å². The van der Waals surface area contributed by atoms with Gasteiger partial charge in [0.05, 0.1) is 12.4 Å². The molecule has 3 rings (SSSR count). The van der Waals surface area contributed by atoms with Gasteiger partial charge >= 0.3 is 0 Å². The number of thioether (sulfide) groups is 1. The number of hydrogen-bond donors (Lipinski definition) is 1. The molecule has 0 aliphatic carbocycles. The molecule has 1 saturated heterocycles. The van der Waals surface area contributed by atoms with Crippen molar-refractivity contribution >= 4 is 17.7 Å². The molecular weight excluding hydrogens is 350 g/mol. The second kappa shape index (κ2) is 8.44. The highest BCUT2D eigenvalue weighted by molar-refractivity contribution is 7.99. The van der Waals surface area contributed by atoms with Crippen molar-refractivity contribution in [1.82, 2.24) is 19.8 Å². The topological polar surface area (TPSA) is 86.3 Å². The molecular formula is C18H25N5O2S. The quantitative estimate of drug-likeness (QED) is 0.617. The molecule has 1 aliphatic heterocycles. The van der Waals surface area contributed by atoms with Crippen molar-refractivity contribution in [1.29, 1.82) is 0 Å². The second-order valence-corrected chi connectivity index (χ2v) is 7.30. The maximum atomic E-state index is 12.5. The van der Waals surface area contributed by atoms with Gasteiger partial charge in [0, 0.05) is 18.2 Å². The highest BCUT2D eigenvalue weighted by Gasteiger charge is 2.24. The molecule has 2 N–H and O–H groups in total. The lowest BCUT2D eigenvalue weighted by atomic mass is 10.0. The standard InChI is InChI=1S/C18H25N5O2S/c1-3-25-15-9-7-14(8-10-15)17-20-21-18(23(17)19)26-12-16(24)22-11-5-4-6-13(22)2/h7-10,13H,3-6,11-12,19H2,1-2H3/t13-/m0/s1. The summed E-state index contributed by atoms with van der Waals surface area (Å²) in [4.78, 5) is 14.4. The Morgan fingerprint density at radius 1 is 1.31 bits per heavy atom. The summed E-state index contributed by atoms with van der Waals surface area (Å²) in [7, 11) is 0. The number of benzene rings is 1. The average molecular weight is 375 g/mol. The first-order valence-corrected chi connectivity index (χ1v) is 9.94. The van der Waals surface area contributed by atoms with E-state index in [2.05, 4.69) is 17.1 Å². The first-order chi connectivity index (χ1) is 12.6. The van der Waals surface area contributed by atoms with Crippen molar-refractivity contribution < 1.29 is 9.53 Å². The van der Waals surface area contributed by atoms with E-state index in [-0.39, 0.29) is 5.91 Å². The van der Waals surface area contributed by atoms with Crippen LogP contribution in [0.15, 0.2) is 29.4 Å². The van der Waals surface area contributed by atoms with E-state index < -0.39 is 0 Å². The molecule has 1 atom stereocenters. The third kappa shape index (κ3) is 4.12. The Morgan fingerprint density at radius 2 is 2.08 bits per heavy atom. The zero-order valence-electron chi connectivity index (χ0n) is 15.2. The van der Waals surface area contributed by atoms with Gasteiger partial charge in [-0.3, -0.25) is 4.79 Å². The van der Waals surface area contributed by atoms with E-state index in [9.17, 15) is 4.79 Å². The van der Waals surface area contributed by atoms with Crippen LogP contribution in [0.5, 0.6) is 5.75 Å². The minimum atomic E-state index is 0.132. The number of carbonyl (C=O) groups is 1. The molecule has 1 aromatic heterocycles. The number of likely N-dealkylation sites (tertiary alicyclic amines) is 1. The summed E-state index contributed by atoms with van der Waals surface area (Å²) in [6, 6.07) is 7.86. The van der Waals surface area contributed by atoms with Gasteiger partial charge in [0.15, 0.2) is 5.82 Å². The zero-order valence-corrected chi connectivity index (χ0v) is 16.0. The Balaban J connectivity index is 1.64. The third-order valence-electron chi connectivity index (χ3n) is 4.54. The molecule has 2 aromatic rings. The SMILES string of the molecule is CCOc1ccc(-c2nnc(SCC(=O)N3CCCC[C@@H]3C)n2N)cc1. The number of nitrogen functional groups attached to an aromatic ring is 1. The van der Waals surface area contributed by atoms with Gasteiger partial charge in [0.2, 0.25) is 11.1 Å². The van der Waals surface area contributed by atoms with E-state index in [4.69, 9.17) is 10.6 Å². The number of nitrogens with zero attached hydrogens (tertiary/aromatic N) is 4. The summed E-state index contributed by atoms with van der Waals surface area (Å²) in [5.41, 5.74) is 0.853.